The Morgan fingerprint density at radius 1 is 1.32 bits per heavy atom. The van der Waals surface area contributed by atoms with Crippen molar-refractivity contribution in [2.45, 2.75) is 6.54 Å². The maximum atomic E-state index is 12.2. The molecule has 0 spiro atoms. The zero-order chi connectivity index (χ0) is 13.7. The fourth-order valence-electron chi connectivity index (χ4n) is 1.86. The zero-order valence-electron chi connectivity index (χ0n) is 11.1. The van der Waals surface area contributed by atoms with Gasteiger partial charge in [-0.3, -0.25) is 9.69 Å². The summed E-state index contributed by atoms with van der Waals surface area (Å²) < 4.78 is 5.13. The highest BCUT2D eigenvalue weighted by Crippen LogP contribution is 2.14. The molecule has 4 heteroatoms. The summed E-state index contributed by atoms with van der Waals surface area (Å²) >= 11 is 1.71. The van der Waals surface area contributed by atoms with Gasteiger partial charge in [-0.1, -0.05) is 18.2 Å². The summed E-state index contributed by atoms with van der Waals surface area (Å²) in [5.74, 6) is 0.824. The Morgan fingerprint density at radius 2 is 2.16 bits per heavy atom. The predicted octanol–water partition coefficient (Wildman–Crippen LogP) is 3.07. The number of carbonyl (C=O) groups excluding carboxylic acids is 1. The first kappa shape index (κ1) is 13.8. The summed E-state index contributed by atoms with van der Waals surface area (Å²) in [5.41, 5.74) is 0.692. The van der Waals surface area contributed by atoms with Gasteiger partial charge < -0.3 is 4.74 Å². The number of methoxy groups -OCH3 is 1. The van der Waals surface area contributed by atoms with Gasteiger partial charge in [0.2, 0.25) is 0 Å². The molecule has 0 atom stereocenters. The van der Waals surface area contributed by atoms with E-state index in [0.29, 0.717) is 17.9 Å². The van der Waals surface area contributed by atoms with Gasteiger partial charge in [-0.05, 0) is 30.6 Å². The first-order valence-electron chi connectivity index (χ1n) is 6.07. The Hall–Kier alpha value is -1.65. The van der Waals surface area contributed by atoms with Gasteiger partial charge in [0.25, 0.3) is 0 Å². The van der Waals surface area contributed by atoms with Gasteiger partial charge in [0.05, 0.1) is 13.7 Å². The standard InChI is InChI=1S/C15H17NO2S/c1-16(10-14-7-4-8-19-14)11-15(17)12-5-3-6-13(9-12)18-2/h3-9H,10-11H2,1-2H3. The molecule has 0 unspecified atom stereocenters. The van der Waals surface area contributed by atoms with Crippen LogP contribution in [-0.2, 0) is 6.54 Å². The molecule has 0 radical (unpaired) electrons. The average Bonchev–Trinajstić information content (AvgIpc) is 2.91. The van der Waals surface area contributed by atoms with Gasteiger partial charge in [-0.2, -0.15) is 0 Å². The number of ketones is 1. The fourth-order valence-corrected chi connectivity index (χ4v) is 2.64. The van der Waals surface area contributed by atoms with Crippen LogP contribution in [0.25, 0.3) is 0 Å². The second-order valence-electron chi connectivity index (χ2n) is 4.41. The molecule has 0 aliphatic heterocycles. The van der Waals surface area contributed by atoms with Crippen molar-refractivity contribution in [2.24, 2.45) is 0 Å². The molecule has 19 heavy (non-hydrogen) atoms. The summed E-state index contributed by atoms with van der Waals surface area (Å²) in [6.45, 7) is 1.21. The van der Waals surface area contributed by atoms with E-state index in [-0.39, 0.29) is 5.78 Å². The molecule has 1 aromatic heterocycles. The molecule has 1 heterocycles. The summed E-state index contributed by atoms with van der Waals surface area (Å²) in [7, 11) is 3.56. The molecule has 0 aliphatic rings. The maximum absolute atomic E-state index is 12.2. The Kier molecular flexibility index (Phi) is 4.71. The largest absolute Gasteiger partial charge is 0.497 e. The lowest BCUT2D eigenvalue weighted by molar-refractivity contribution is 0.0943. The molecule has 0 N–H and O–H groups in total. The lowest BCUT2D eigenvalue weighted by atomic mass is 10.1. The van der Waals surface area contributed by atoms with Crippen molar-refractivity contribution < 1.29 is 9.53 Å². The molecular formula is C15H17NO2S. The first-order chi connectivity index (χ1) is 9.19. The molecule has 0 amide bonds. The molecular weight excluding hydrogens is 258 g/mol. The van der Waals surface area contributed by atoms with Crippen molar-refractivity contribution in [3.63, 3.8) is 0 Å². The molecule has 3 nitrogen and oxygen atoms in total. The third-order valence-corrected chi connectivity index (χ3v) is 3.67. The summed E-state index contributed by atoms with van der Waals surface area (Å²) in [5, 5.41) is 2.05. The van der Waals surface area contributed by atoms with Crippen molar-refractivity contribution in [1.29, 1.82) is 0 Å². The third-order valence-electron chi connectivity index (χ3n) is 2.81. The fraction of sp³-hybridized carbons (Fsp3) is 0.267. The van der Waals surface area contributed by atoms with Crippen molar-refractivity contribution in [1.82, 2.24) is 4.90 Å². The number of carbonyl (C=O) groups is 1. The van der Waals surface area contributed by atoms with E-state index < -0.39 is 0 Å². The highest BCUT2D eigenvalue weighted by Gasteiger charge is 2.10. The van der Waals surface area contributed by atoms with Crippen LogP contribution in [0.5, 0.6) is 5.75 Å². The highest BCUT2D eigenvalue weighted by atomic mass is 32.1. The van der Waals surface area contributed by atoms with Crippen LogP contribution < -0.4 is 4.74 Å². The molecule has 0 saturated carbocycles. The van der Waals surface area contributed by atoms with Gasteiger partial charge >= 0.3 is 0 Å². The zero-order valence-corrected chi connectivity index (χ0v) is 11.9. The van der Waals surface area contributed by atoms with Crippen LogP contribution in [-0.4, -0.2) is 31.4 Å². The lowest BCUT2D eigenvalue weighted by Crippen LogP contribution is -2.25. The number of thiophene rings is 1. The topological polar surface area (TPSA) is 29.5 Å². The van der Waals surface area contributed by atoms with Gasteiger partial charge in [0, 0.05) is 17.0 Å². The summed E-state index contributed by atoms with van der Waals surface area (Å²) in [6, 6.07) is 11.4. The van der Waals surface area contributed by atoms with E-state index in [4.69, 9.17) is 4.74 Å². The van der Waals surface area contributed by atoms with E-state index in [2.05, 4.69) is 6.07 Å². The molecule has 0 aliphatic carbocycles. The van der Waals surface area contributed by atoms with Crippen molar-refractivity contribution >= 4 is 17.1 Å². The first-order valence-corrected chi connectivity index (χ1v) is 6.95. The van der Waals surface area contributed by atoms with Gasteiger partial charge in [0.1, 0.15) is 5.75 Å². The van der Waals surface area contributed by atoms with Crippen LogP contribution in [0.3, 0.4) is 0 Å². The van der Waals surface area contributed by atoms with E-state index in [1.807, 2.05) is 41.6 Å². The quantitative estimate of drug-likeness (QED) is 0.759. The number of likely N-dealkylation sites (N-methyl/N-ethyl adjacent to an activating group) is 1. The van der Waals surface area contributed by atoms with Gasteiger partial charge in [-0.15, -0.1) is 11.3 Å². The smallest absolute Gasteiger partial charge is 0.176 e. The van der Waals surface area contributed by atoms with Crippen molar-refractivity contribution in [3.05, 3.63) is 52.2 Å². The second-order valence-corrected chi connectivity index (χ2v) is 5.44. The van der Waals surface area contributed by atoms with E-state index in [0.717, 1.165) is 6.54 Å². The predicted molar refractivity (Wildman–Crippen MR) is 78.0 cm³/mol. The molecule has 0 saturated heterocycles. The molecule has 0 bridgehead atoms. The van der Waals surface area contributed by atoms with Gasteiger partial charge in [-0.25, -0.2) is 0 Å². The van der Waals surface area contributed by atoms with E-state index in [9.17, 15) is 4.79 Å². The maximum Gasteiger partial charge on any atom is 0.176 e. The highest BCUT2D eigenvalue weighted by molar-refractivity contribution is 7.09. The molecule has 1 aromatic carbocycles. The van der Waals surface area contributed by atoms with E-state index in [1.165, 1.54) is 4.88 Å². The van der Waals surface area contributed by atoms with Crippen LogP contribution in [0, 0.1) is 0 Å². The number of hydrogen-bond acceptors (Lipinski definition) is 4. The summed E-state index contributed by atoms with van der Waals surface area (Å²) in [6.07, 6.45) is 0. The number of Topliss-reactive ketones (excluding diaryl/α,β-unsaturated/α-hetero) is 1. The van der Waals surface area contributed by atoms with Crippen molar-refractivity contribution in [2.75, 3.05) is 20.7 Å². The molecule has 0 fully saturated rings. The summed E-state index contributed by atoms with van der Waals surface area (Å²) in [4.78, 5) is 15.4. The molecule has 100 valence electrons. The minimum atomic E-state index is 0.109. The van der Waals surface area contributed by atoms with Gasteiger partial charge in [0.15, 0.2) is 5.78 Å². The molecule has 2 rings (SSSR count). The van der Waals surface area contributed by atoms with E-state index in [1.54, 1.807) is 24.5 Å². The number of nitrogens with zero attached hydrogens (tertiary/aromatic N) is 1. The minimum absolute atomic E-state index is 0.109. The van der Waals surface area contributed by atoms with Crippen LogP contribution in [0.2, 0.25) is 0 Å². The van der Waals surface area contributed by atoms with Crippen LogP contribution >= 0.6 is 11.3 Å². The Balaban J connectivity index is 1.96. The van der Waals surface area contributed by atoms with Crippen LogP contribution in [0.4, 0.5) is 0 Å². The minimum Gasteiger partial charge on any atom is -0.497 e. The SMILES string of the molecule is COc1cccc(C(=O)CN(C)Cc2cccs2)c1. The van der Waals surface area contributed by atoms with Crippen molar-refractivity contribution in [3.8, 4) is 5.75 Å². The number of rotatable bonds is 6. The lowest BCUT2D eigenvalue weighted by Gasteiger charge is -2.14. The average molecular weight is 275 g/mol. The number of ether oxygens (including phenoxy) is 1. The normalized spacial score (nSPS) is 10.7. The monoisotopic (exact) mass is 275 g/mol. The van der Waals surface area contributed by atoms with E-state index >= 15 is 0 Å². The molecule has 2 aromatic rings. The Labute approximate surface area is 117 Å². The van der Waals surface area contributed by atoms with Crippen LogP contribution in [0.1, 0.15) is 15.2 Å². The Morgan fingerprint density at radius 3 is 2.84 bits per heavy atom. The van der Waals surface area contributed by atoms with Crippen LogP contribution in [0.15, 0.2) is 41.8 Å². The second kappa shape index (κ2) is 6.50. The number of hydrogen-bond donors (Lipinski definition) is 0. The third kappa shape index (κ3) is 3.91. The Bertz CT molecular complexity index is 537. The number of benzene rings is 1.